The summed E-state index contributed by atoms with van der Waals surface area (Å²) in [4.78, 5) is 0. The fraction of sp³-hybridized carbons (Fsp3) is 0.250. The molecule has 0 saturated heterocycles. The van der Waals surface area contributed by atoms with Gasteiger partial charge in [-0.25, -0.2) is 0 Å². The molecule has 0 unspecified atom stereocenters. The van der Waals surface area contributed by atoms with Crippen LogP contribution in [0.4, 0.5) is 0 Å². The molecule has 0 saturated carbocycles. The van der Waals surface area contributed by atoms with Crippen LogP contribution >= 0.6 is 0 Å². The van der Waals surface area contributed by atoms with E-state index in [9.17, 15) is 0 Å². The standard InChI is InChI=1S/C16H18O2/c1-12-7-13(2)9-16(8-12)18-11-14-5-4-6-15(10-14)17-3/h4-10H,11H2,1-3H3. The first-order valence-electron chi connectivity index (χ1n) is 6.01. The molecule has 2 aromatic carbocycles. The lowest BCUT2D eigenvalue weighted by Gasteiger charge is -2.09. The zero-order valence-electron chi connectivity index (χ0n) is 11.1. The molecule has 0 atom stereocenters. The SMILES string of the molecule is COc1cccc(COc2cc(C)cc(C)c2)c1. The monoisotopic (exact) mass is 242 g/mol. The fourth-order valence-corrected chi connectivity index (χ4v) is 1.95. The molecule has 0 aromatic heterocycles. The molecule has 0 radical (unpaired) electrons. The van der Waals surface area contributed by atoms with E-state index in [1.54, 1.807) is 7.11 Å². The van der Waals surface area contributed by atoms with Crippen molar-refractivity contribution in [3.05, 3.63) is 59.2 Å². The molecule has 2 nitrogen and oxygen atoms in total. The van der Waals surface area contributed by atoms with Gasteiger partial charge in [0.1, 0.15) is 18.1 Å². The van der Waals surface area contributed by atoms with E-state index >= 15 is 0 Å². The van der Waals surface area contributed by atoms with Gasteiger partial charge in [-0.05, 0) is 54.8 Å². The van der Waals surface area contributed by atoms with Crippen LogP contribution in [0.1, 0.15) is 16.7 Å². The lowest BCUT2D eigenvalue weighted by molar-refractivity contribution is 0.305. The molecule has 0 spiro atoms. The Kier molecular flexibility index (Phi) is 3.88. The van der Waals surface area contributed by atoms with Crippen molar-refractivity contribution in [2.24, 2.45) is 0 Å². The fourth-order valence-electron chi connectivity index (χ4n) is 1.95. The molecule has 0 bridgehead atoms. The Labute approximate surface area is 108 Å². The Hall–Kier alpha value is -1.96. The van der Waals surface area contributed by atoms with Crippen LogP contribution in [-0.4, -0.2) is 7.11 Å². The highest BCUT2D eigenvalue weighted by Crippen LogP contribution is 2.19. The van der Waals surface area contributed by atoms with Crippen LogP contribution in [0.3, 0.4) is 0 Å². The smallest absolute Gasteiger partial charge is 0.120 e. The number of ether oxygens (including phenoxy) is 2. The maximum atomic E-state index is 5.80. The molecule has 0 aliphatic rings. The molecule has 94 valence electrons. The van der Waals surface area contributed by atoms with Gasteiger partial charge in [0.2, 0.25) is 0 Å². The molecule has 0 N–H and O–H groups in total. The summed E-state index contributed by atoms with van der Waals surface area (Å²) in [5.74, 6) is 1.77. The second-order valence-electron chi connectivity index (χ2n) is 4.46. The van der Waals surface area contributed by atoms with Crippen LogP contribution in [0, 0.1) is 13.8 Å². The Bertz CT molecular complexity index is 512. The first kappa shape index (κ1) is 12.5. The molecule has 0 fully saturated rings. The quantitative estimate of drug-likeness (QED) is 0.809. The van der Waals surface area contributed by atoms with Gasteiger partial charge < -0.3 is 9.47 Å². The van der Waals surface area contributed by atoms with E-state index in [-0.39, 0.29) is 0 Å². The number of rotatable bonds is 4. The summed E-state index contributed by atoms with van der Waals surface area (Å²) < 4.78 is 11.0. The van der Waals surface area contributed by atoms with Gasteiger partial charge in [0.25, 0.3) is 0 Å². The van der Waals surface area contributed by atoms with Crippen LogP contribution in [0.15, 0.2) is 42.5 Å². The third-order valence-corrected chi connectivity index (χ3v) is 2.73. The summed E-state index contributed by atoms with van der Waals surface area (Å²) in [7, 11) is 1.67. The van der Waals surface area contributed by atoms with E-state index in [4.69, 9.17) is 9.47 Å². The third kappa shape index (κ3) is 3.27. The van der Waals surface area contributed by atoms with E-state index in [0.717, 1.165) is 17.1 Å². The number of hydrogen-bond acceptors (Lipinski definition) is 2. The van der Waals surface area contributed by atoms with Gasteiger partial charge in [0.15, 0.2) is 0 Å². The Morgan fingerprint density at radius 3 is 2.28 bits per heavy atom. The van der Waals surface area contributed by atoms with Gasteiger partial charge in [0, 0.05) is 0 Å². The average Bonchev–Trinajstić information content (AvgIpc) is 2.35. The largest absolute Gasteiger partial charge is 0.497 e. The van der Waals surface area contributed by atoms with Crippen molar-refractivity contribution < 1.29 is 9.47 Å². The van der Waals surface area contributed by atoms with Crippen LogP contribution in [-0.2, 0) is 6.61 Å². The highest BCUT2D eigenvalue weighted by atomic mass is 16.5. The highest BCUT2D eigenvalue weighted by molar-refractivity contribution is 5.34. The molecule has 0 amide bonds. The summed E-state index contributed by atoms with van der Waals surface area (Å²) in [6, 6.07) is 14.2. The molecule has 2 aromatic rings. The van der Waals surface area contributed by atoms with E-state index in [0.29, 0.717) is 6.61 Å². The Balaban J connectivity index is 2.06. The summed E-state index contributed by atoms with van der Waals surface area (Å²) in [5.41, 5.74) is 3.54. The molecule has 2 rings (SSSR count). The third-order valence-electron chi connectivity index (χ3n) is 2.73. The highest BCUT2D eigenvalue weighted by Gasteiger charge is 1.99. The van der Waals surface area contributed by atoms with Crippen LogP contribution in [0.5, 0.6) is 11.5 Å². The predicted molar refractivity (Wildman–Crippen MR) is 73.2 cm³/mol. The molecule has 0 heterocycles. The van der Waals surface area contributed by atoms with Crippen molar-refractivity contribution in [1.29, 1.82) is 0 Å². The molecular weight excluding hydrogens is 224 g/mol. The lowest BCUT2D eigenvalue weighted by atomic mass is 10.1. The molecular formula is C16H18O2. The van der Waals surface area contributed by atoms with Crippen molar-refractivity contribution in [1.82, 2.24) is 0 Å². The lowest BCUT2D eigenvalue weighted by Crippen LogP contribution is -1.96. The van der Waals surface area contributed by atoms with Gasteiger partial charge >= 0.3 is 0 Å². The average molecular weight is 242 g/mol. The van der Waals surface area contributed by atoms with Crippen molar-refractivity contribution in [2.75, 3.05) is 7.11 Å². The van der Waals surface area contributed by atoms with Gasteiger partial charge in [-0.15, -0.1) is 0 Å². The van der Waals surface area contributed by atoms with Crippen LogP contribution < -0.4 is 9.47 Å². The summed E-state index contributed by atoms with van der Waals surface area (Å²) in [5, 5.41) is 0. The number of aryl methyl sites for hydroxylation is 2. The van der Waals surface area contributed by atoms with Crippen LogP contribution in [0.25, 0.3) is 0 Å². The summed E-state index contributed by atoms with van der Waals surface area (Å²) >= 11 is 0. The first-order valence-corrected chi connectivity index (χ1v) is 6.01. The summed E-state index contributed by atoms with van der Waals surface area (Å²) in [6.07, 6.45) is 0. The topological polar surface area (TPSA) is 18.5 Å². The van der Waals surface area contributed by atoms with Crippen LogP contribution in [0.2, 0.25) is 0 Å². The minimum absolute atomic E-state index is 0.556. The minimum Gasteiger partial charge on any atom is -0.497 e. The van der Waals surface area contributed by atoms with Gasteiger partial charge in [-0.3, -0.25) is 0 Å². The number of methoxy groups -OCH3 is 1. The number of benzene rings is 2. The normalized spacial score (nSPS) is 10.2. The van der Waals surface area contributed by atoms with E-state index in [2.05, 4.69) is 19.9 Å². The maximum absolute atomic E-state index is 5.80. The predicted octanol–water partition coefficient (Wildman–Crippen LogP) is 3.89. The van der Waals surface area contributed by atoms with Crippen molar-refractivity contribution in [3.63, 3.8) is 0 Å². The Morgan fingerprint density at radius 2 is 1.61 bits per heavy atom. The number of hydrogen-bond donors (Lipinski definition) is 0. The van der Waals surface area contributed by atoms with E-state index < -0.39 is 0 Å². The van der Waals surface area contributed by atoms with Gasteiger partial charge in [0.05, 0.1) is 7.11 Å². The zero-order chi connectivity index (χ0) is 13.0. The molecule has 18 heavy (non-hydrogen) atoms. The molecule has 0 aliphatic carbocycles. The maximum Gasteiger partial charge on any atom is 0.120 e. The minimum atomic E-state index is 0.556. The Morgan fingerprint density at radius 1 is 0.889 bits per heavy atom. The summed E-state index contributed by atoms with van der Waals surface area (Å²) in [6.45, 7) is 4.71. The van der Waals surface area contributed by atoms with Crippen molar-refractivity contribution in [2.45, 2.75) is 20.5 Å². The molecule has 2 heteroatoms. The van der Waals surface area contributed by atoms with Crippen molar-refractivity contribution in [3.8, 4) is 11.5 Å². The first-order chi connectivity index (χ1) is 8.67. The second kappa shape index (κ2) is 5.58. The van der Waals surface area contributed by atoms with E-state index in [1.807, 2.05) is 36.4 Å². The van der Waals surface area contributed by atoms with E-state index in [1.165, 1.54) is 11.1 Å². The zero-order valence-corrected chi connectivity index (χ0v) is 11.1. The van der Waals surface area contributed by atoms with Gasteiger partial charge in [-0.1, -0.05) is 18.2 Å². The molecule has 0 aliphatic heterocycles. The van der Waals surface area contributed by atoms with Gasteiger partial charge in [-0.2, -0.15) is 0 Å². The van der Waals surface area contributed by atoms with Crippen molar-refractivity contribution >= 4 is 0 Å². The second-order valence-corrected chi connectivity index (χ2v) is 4.46.